The number of aromatic nitrogens is 12. The molecule has 0 bridgehead atoms. The van der Waals surface area contributed by atoms with Gasteiger partial charge in [0.25, 0.3) is 0 Å². The number of benzene rings is 15. The number of hydrogen-bond donors (Lipinski definition) is 0. The Bertz CT molecular complexity index is 6770. The predicted octanol–water partition coefficient (Wildman–Crippen LogP) is 24.3. The molecule has 112 heavy (non-hydrogen) atoms. The lowest BCUT2D eigenvalue weighted by atomic mass is 9.98. The van der Waals surface area contributed by atoms with Crippen LogP contribution in [-0.2, 0) is 0 Å². The van der Waals surface area contributed by atoms with Crippen molar-refractivity contribution in [3.63, 3.8) is 0 Å². The molecule has 0 saturated carbocycles. The summed E-state index contributed by atoms with van der Waals surface area (Å²) in [6.45, 7) is 0. The third-order valence-corrected chi connectivity index (χ3v) is 21.4. The van der Waals surface area contributed by atoms with Crippen molar-refractivity contribution in [1.82, 2.24) is 58.1 Å². The summed E-state index contributed by atoms with van der Waals surface area (Å²) in [5.74, 6) is 3.98. The summed E-state index contributed by atoms with van der Waals surface area (Å²) in [6.07, 6.45) is 3.07. The molecule has 0 saturated heterocycles. The first-order valence-electron chi connectivity index (χ1n) is 37.4. The maximum Gasteiger partial charge on any atom is 0.238 e. The normalized spacial score (nSPS) is 11.6. The lowest BCUT2D eigenvalue weighted by molar-refractivity contribution is 0.939. The Labute approximate surface area is 643 Å². The van der Waals surface area contributed by atoms with Gasteiger partial charge >= 0.3 is 0 Å². The van der Waals surface area contributed by atoms with Crippen LogP contribution in [0.3, 0.4) is 0 Å². The first kappa shape index (κ1) is 64.9. The summed E-state index contributed by atoms with van der Waals surface area (Å²) >= 11 is 0. The van der Waals surface area contributed by atoms with Gasteiger partial charge in [0.1, 0.15) is 18.5 Å². The largest absolute Gasteiger partial charge is 0.309 e. The molecule has 0 aliphatic heterocycles. The highest BCUT2D eigenvalue weighted by molar-refractivity contribution is 6.14. The molecule has 0 fully saturated rings. The predicted molar refractivity (Wildman–Crippen MR) is 456 cm³/mol. The van der Waals surface area contributed by atoms with Crippen LogP contribution in [0.2, 0.25) is 0 Å². The molecule has 22 rings (SSSR count). The van der Waals surface area contributed by atoms with Crippen LogP contribution in [0.4, 0.5) is 0 Å². The van der Waals surface area contributed by atoms with Crippen molar-refractivity contribution >= 4 is 87.2 Å². The molecule has 0 aliphatic carbocycles. The zero-order valence-corrected chi connectivity index (χ0v) is 60.3. The third kappa shape index (κ3) is 11.5. The molecule has 0 aliphatic rings. The van der Waals surface area contributed by atoms with Crippen LogP contribution in [0.5, 0.6) is 0 Å². The van der Waals surface area contributed by atoms with Crippen LogP contribution in [0.25, 0.3) is 201 Å². The number of para-hydroxylation sites is 5. The fourth-order valence-corrected chi connectivity index (χ4v) is 16.1. The van der Waals surface area contributed by atoms with E-state index in [0.717, 1.165) is 111 Å². The summed E-state index contributed by atoms with van der Waals surface area (Å²) in [6, 6.07) is 132. The van der Waals surface area contributed by atoms with E-state index in [1.54, 1.807) is 0 Å². The molecule has 12 nitrogen and oxygen atoms in total. The Morgan fingerprint density at radius 1 is 0.179 bits per heavy atom. The van der Waals surface area contributed by atoms with Gasteiger partial charge in [-0.25, -0.2) is 29.9 Å². The van der Waals surface area contributed by atoms with Gasteiger partial charge in [0, 0.05) is 77.1 Å². The average Bonchev–Trinajstić information content (AvgIpc) is 1.58. The SMILES string of the molecule is c1ccc(-c2cc(-n3c4ccccc4c4cc(-c5ccc(-c6ccc7c(c6)c6ccccc6n7-c6ccccc6)cc5)ccc43)nc(-c3ccccc3)n2)cc1.c1ccc(-c2nc(-c3ccccc3)nc(-n3c4ccccc4c4cc(-c5ccc(-c6ccc7c(c6)c6ccccc6n7-c6ncncn6)cc5)ccc43)n2)cc1. The van der Waals surface area contributed by atoms with Gasteiger partial charge in [0.05, 0.1) is 49.8 Å². The topological polar surface area (TPSA) is 123 Å². The fraction of sp³-hybridized carbons (Fsp3) is 0. The zero-order valence-electron chi connectivity index (χ0n) is 60.3. The summed E-state index contributed by atoms with van der Waals surface area (Å²) < 4.78 is 8.90. The van der Waals surface area contributed by atoms with Crippen molar-refractivity contribution in [2.24, 2.45) is 0 Å². The molecular formula is C100H64N12. The van der Waals surface area contributed by atoms with Gasteiger partial charge in [-0.05, 0) is 129 Å². The molecule has 7 heterocycles. The second kappa shape index (κ2) is 27.4. The molecule has 0 unspecified atom stereocenters. The first-order valence-corrected chi connectivity index (χ1v) is 37.4. The van der Waals surface area contributed by atoms with E-state index in [1.807, 2.05) is 91.0 Å². The number of nitrogens with zero attached hydrogens (tertiary/aromatic N) is 12. The Balaban J connectivity index is 0.000000141. The maximum atomic E-state index is 5.19. The molecule has 524 valence electrons. The maximum absolute atomic E-state index is 5.19. The molecule has 7 aromatic heterocycles. The van der Waals surface area contributed by atoms with Gasteiger partial charge in [-0.2, -0.15) is 9.97 Å². The van der Waals surface area contributed by atoms with E-state index in [2.05, 4.69) is 318 Å². The summed E-state index contributed by atoms with van der Waals surface area (Å²) in [4.78, 5) is 38.2. The van der Waals surface area contributed by atoms with Crippen LogP contribution in [-0.4, -0.2) is 58.1 Å². The first-order chi connectivity index (χ1) is 55.5. The van der Waals surface area contributed by atoms with Gasteiger partial charge in [-0.15, -0.1) is 0 Å². The van der Waals surface area contributed by atoms with Crippen molar-refractivity contribution in [1.29, 1.82) is 0 Å². The second-order valence-corrected chi connectivity index (χ2v) is 27.9. The van der Waals surface area contributed by atoms with E-state index in [1.165, 1.54) is 73.2 Å². The monoisotopic (exact) mass is 1430 g/mol. The zero-order chi connectivity index (χ0) is 74.0. The Morgan fingerprint density at radius 3 is 0.875 bits per heavy atom. The molecule has 15 aromatic carbocycles. The van der Waals surface area contributed by atoms with Crippen molar-refractivity contribution in [2.75, 3.05) is 0 Å². The summed E-state index contributed by atoms with van der Waals surface area (Å²) in [7, 11) is 0. The number of fused-ring (bicyclic) bond motifs is 12. The summed E-state index contributed by atoms with van der Waals surface area (Å²) in [5.41, 5.74) is 24.1. The second-order valence-electron chi connectivity index (χ2n) is 27.9. The molecule has 0 spiro atoms. The molecule has 12 heteroatoms. The van der Waals surface area contributed by atoms with Crippen LogP contribution < -0.4 is 0 Å². The highest BCUT2D eigenvalue weighted by Crippen LogP contribution is 2.42. The van der Waals surface area contributed by atoms with Gasteiger partial charge < -0.3 is 4.57 Å². The van der Waals surface area contributed by atoms with Crippen LogP contribution in [0.15, 0.2) is 389 Å². The fourth-order valence-electron chi connectivity index (χ4n) is 16.1. The van der Waals surface area contributed by atoms with E-state index < -0.39 is 0 Å². The van der Waals surface area contributed by atoms with Gasteiger partial charge in [-0.1, -0.05) is 285 Å². The van der Waals surface area contributed by atoms with Crippen molar-refractivity contribution < 1.29 is 0 Å². The average molecular weight is 1430 g/mol. The Morgan fingerprint density at radius 2 is 0.473 bits per heavy atom. The molecule has 22 aromatic rings. The van der Waals surface area contributed by atoms with Crippen LogP contribution >= 0.6 is 0 Å². The standard InChI is InChI=1S/C52H34N4.C48H30N8/c1-4-14-37(15-5-1)46-34-51(54-52(53-46)38-16-6-2-7-17-38)56-48-23-13-11-21-43(48)45-33-40(29-31-50(45)56)36-26-24-35(25-27-36)39-28-30-49-44(32-39)42-20-10-12-22-47(42)55(49)41-18-8-3-9-19-41;1-3-11-33(12-4-1)45-52-46(34-13-5-2-6-14-34)54-48(53-45)56-42-18-10-8-16-38(42)40-28-36(24-26-44(40)56)32-21-19-31(20-22-32)35-23-25-43-39(27-35)37-15-7-9-17-41(37)55(43)47-50-29-49-30-51-47/h1-34H;1-30H. The van der Waals surface area contributed by atoms with Crippen LogP contribution in [0, 0.1) is 0 Å². The van der Waals surface area contributed by atoms with E-state index in [9.17, 15) is 0 Å². The minimum Gasteiger partial charge on any atom is -0.309 e. The molecule has 0 radical (unpaired) electrons. The molecule has 0 atom stereocenters. The number of hydrogen-bond acceptors (Lipinski definition) is 8. The minimum atomic E-state index is 0.578. The van der Waals surface area contributed by atoms with Gasteiger partial charge in [0.2, 0.25) is 11.9 Å². The van der Waals surface area contributed by atoms with Gasteiger partial charge in [0.15, 0.2) is 17.5 Å². The minimum absolute atomic E-state index is 0.578. The highest BCUT2D eigenvalue weighted by Gasteiger charge is 2.23. The highest BCUT2D eigenvalue weighted by atomic mass is 15.2. The van der Waals surface area contributed by atoms with E-state index >= 15 is 0 Å². The summed E-state index contributed by atoms with van der Waals surface area (Å²) in [5, 5.41) is 9.44. The Kier molecular flexibility index (Phi) is 15.9. The van der Waals surface area contributed by atoms with Crippen molar-refractivity contribution in [2.45, 2.75) is 0 Å². The van der Waals surface area contributed by atoms with E-state index in [0.29, 0.717) is 29.4 Å². The van der Waals surface area contributed by atoms with E-state index in [-0.39, 0.29) is 0 Å². The molecular weight excluding hydrogens is 1370 g/mol. The molecule has 0 amide bonds. The lowest BCUT2D eigenvalue weighted by Crippen LogP contribution is -2.06. The van der Waals surface area contributed by atoms with Gasteiger partial charge in [-0.3, -0.25) is 13.7 Å². The van der Waals surface area contributed by atoms with E-state index in [4.69, 9.17) is 24.9 Å². The Hall–Kier alpha value is -15.4. The number of rotatable bonds is 12. The molecule has 0 N–H and O–H groups in total. The van der Waals surface area contributed by atoms with Crippen LogP contribution in [0.1, 0.15) is 0 Å². The van der Waals surface area contributed by atoms with Crippen molar-refractivity contribution in [3.05, 3.63) is 389 Å². The lowest BCUT2D eigenvalue weighted by Gasteiger charge is -2.12. The smallest absolute Gasteiger partial charge is 0.238 e. The third-order valence-electron chi connectivity index (χ3n) is 21.4. The van der Waals surface area contributed by atoms with Crippen molar-refractivity contribution in [3.8, 4) is 113 Å². The quantitative estimate of drug-likeness (QED) is 0.119.